The highest BCUT2D eigenvalue weighted by Crippen LogP contribution is 2.45. The van der Waals surface area contributed by atoms with E-state index in [2.05, 4.69) is 119 Å². The number of rotatable bonds is 20. The van der Waals surface area contributed by atoms with Gasteiger partial charge in [0, 0.05) is 53.0 Å². The normalized spacial score (nSPS) is 17.0. The van der Waals surface area contributed by atoms with Crippen LogP contribution in [0.5, 0.6) is 0 Å². The summed E-state index contributed by atoms with van der Waals surface area (Å²) in [5, 5.41) is 4.38. The van der Waals surface area contributed by atoms with Gasteiger partial charge >= 0.3 is 11.9 Å². The van der Waals surface area contributed by atoms with E-state index in [1.807, 2.05) is 24.4 Å². The summed E-state index contributed by atoms with van der Waals surface area (Å²) in [5.41, 5.74) is 5.15. The van der Waals surface area contributed by atoms with Crippen molar-refractivity contribution in [2.45, 2.75) is 159 Å². The van der Waals surface area contributed by atoms with Crippen molar-refractivity contribution in [3.05, 3.63) is 93.1 Å². The lowest BCUT2D eigenvalue weighted by Crippen LogP contribution is -2.42. The number of hydrogen-bond donors (Lipinski definition) is 1. The van der Waals surface area contributed by atoms with Crippen LogP contribution in [-0.2, 0) is 52.3 Å². The van der Waals surface area contributed by atoms with Crippen LogP contribution in [-0.4, -0.2) is 55.0 Å². The summed E-state index contributed by atoms with van der Waals surface area (Å²) >= 11 is 13.4. The monoisotopic (exact) mass is 911 g/mol. The Morgan fingerprint density at radius 3 is 1.83 bits per heavy atom. The van der Waals surface area contributed by atoms with Crippen LogP contribution < -0.4 is 5.32 Å². The Labute approximate surface area is 391 Å². The molecule has 0 saturated carbocycles. The van der Waals surface area contributed by atoms with Gasteiger partial charge in [0.15, 0.2) is 0 Å². The Morgan fingerprint density at radius 2 is 1.37 bits per heavy atom. The molecular formula is C53H80Cl2N2O6. The summed E-state index contributed by atoms with van der Waals surface area (Å²) in [6, 6.07) is 12.5. The van der Waals surface area contributed by atoms with E-state index in [4.69, 9.17) is 32.7 Å². The summed E-state index contributed by atoms with van der Waals surface area (Å²) in [6.07, 6.45) is 8.86. The number of carbonyl (C=O) groups is 4. The van der Waals surface area contributed by atoms with E-state index in [1.165, 1.54) is 5.57 Å². The van der Waals surface area contributed by atoms with E-state index >= 15 is 0 Å². The molecule has 2 amide bonds. The minimum absolute atomic E-state index is 0.0177. The van der Waals surface area contributed by atoms with Crippen LogP contribution in [0.1, 0.15) is 158 Å². The fraction of sp³-hybridized carbons (Fsp3) is 0.623. The van der Waals surface area contributed by atoms with Gasteiger partial charge in [0.2, 0.25) is 11.8 Å². The predicted molar refractivity (Wildman–Crippen MR) is 261 cm³/mol. The van der Waals surface area contributed by atoms with Crippen LogP contribution in [0, 0.1) is 28.6 Å². The summed E-state index contributed by atoms with van der Waals surface area (Å²) in [5.74, 6) is -0.0389. The third kappa shape index (κ3) is 17.4. The van der Waals surface area contributed by atoms with Gasteiger partial charge in [-0.1, -0.05) is 137 Å². The number of benzene rings is 2. The third-order valence-electron chi connectivity index (χ3n) is 12.1. The smallest absolute Gasteiger partial charge is 0.307 e. The second-order valence-electron chi connectivity index (χ2n) is 20.6. The molecule has 0 saturated heterocycles. The number of hydrogen-bond acceptors (Lipinski definition) is 6. The molecule has 0 radical (unpaired) electrons. The first kappa shape index (κ1) is 55.5. The summed E-state index contributed by atoms with van der Waals surface area (Å²) in [6.45, 7) is 35.1. The van der Waals surface area contributed by atoms with Crippen molar-refractivity contribution in [3.8, 4) is 0 Å². The van der Waals surface area contributed by atoms with Gasteiger partial charge in [-0.3, -0.25) is 19.2 Å². The maximum Gasteiger partial charge on any atom is 0.307 e. The second-order valence-corrected chi connectivity index (χ2v) is 21.4. The molecule has 352 valence electrons. The summed E-state index contributed by atoms with van der Waals surface area (Å²) in [4.78, 5) is 50.8. The second kappa shape index (κ2) is 24.6. The van der Waals surface area contributed by atoms with Gasteiger partial charge in [-0.25, -0.2) is 0 Å². The van der Waals surface area contributed by atoms with E-state index < -0.39 is 10.8 Å². The van der Waals surface area contributed by atoms with Crippen molar-refractivity contribution in [2.24, 2.45) is 28.6 Å². The molecule has 3 rings (SSSR count). The predicted octanol–water partition coefficient (Wildman–Crippen LogP) is 12.8. The third-order valence-corrected chi connectivity index (χ3v) is 12.8. The molecule has 1 aliphatic heterocycles. The highest BCUT2D eigenvalue weighted by molar-refractivity contribution is 6.31. The minimum atomic E-state index is -0.476. The number of ether oxygens (including phenoxy) is 2. The lowest BCUT2D eigenvalue weighted by molar-refractivity contribution is -0.144. The Hall–Kier alpha value is -3.62. The molecule has 0 spiro atoms. The van der Waals surface area contributed by atoms with Gasteiger partial charge in [-0.2, -0.15) is 0 Å². The SMILES string of the molecule is C=CC(C(C)C)C(C)(CC(=O)NCCC(=O)OCC)c1ccc(CCC(C)(C)C)c(Cl)c1.CCOC(=O)CCN1C=C(C(C)C)C(C)(c2ccc(CCC(C)(C)C)c(Cl)c2)CC1=O. The molecule has 63 heavy (non-hydrogen) atoms. The fourth-order valence-electron chi connectivity index (χ4n) is 8.41. The molecule has 3 unspecified atom stereocenters. The Morgan fingerprint density at radius 1 is 0.841 bits per heavy atom. The molecule has 1 aliphatic rings. The standard InChI is InChI=1S/C27H42ClNO3.C26H38ClNO3/c1-9-22(19(3)4)27(8,18-24(30)29-16-14-25(31)32-10-2)21-12-11-20(23(28)17-21)13-15-26(5,6)7;1-8-31-24(30)12-14-28-17-21(18(2)3)26(7,16-23(28)29)20-10-9-19(22(27)15-20)11-13-25(4,5)6/h9,11-12,17,19,22H,1,10,13-16,18H2,2-8H3,(H,29,30);9-10,15,17-18H,8,11-14,16H2,1-7H3. The molecule has 2 aromatic carbocycles. The highest BCUT2D eigenvalue weighted by Gasteiger charge is 2.41. The number of aryl methyl sites for hydroxylation is 2. The van der Waals surface area contributed by atoms with Crippen molar-refractivity contribution in [1.29, 1.82) is 0 Å². The first-order valence-corrected chi connectivity index (χ1v) is 23.8. The van der Waals surface area contributed by atoms with Crippen LogP contribution in [0.4, 0.5) is 0 Å². The Kier molecular flexibility index (Phi) is 21.7. The number of amides is 2. The van der Waals surface area contributed by atoms with E-state index in [-0.39, 0.29) is 72.2 Å². The quantitative estimate of drug-likeness (QED) is 0.105. The number of esters is 2. The minimum Gasteiger partial charge on any atom is -0.466 e. The van der Waals surface area contributed by atoms with Gasteiger partial charge in [-0.05, 0) is 108 Å². The zero-order chi connectivity index (χ0) is 47.9. The lowest BCUT2D eigenvalue weighted by Gasteiger charge is -2.41. The molecule has 2 aromatic rings. The highest BCUT2D eigenvalue weighted by atomic mass is 35.5. The molecule has 10 heteroatoms. The van der Waals surface area contributed by atoms with Crippen LogP contribution in [0.25, 0.3) is 0 Å². The van der Waals surface area contributed by atoms with Crippen molar-refractivity contribution in [2.75, 3.05) is 26.3 Å². The van der Waals surface area contributed by atoms with E-state index in [0.29, 0.717) is 32.1 Å². The lowest BCUT2D eigenvalue weighted by atomic mass is 9.65. The van der Waals surface area contributed by atoms with Gasteiger partial charge < -0.3 is 19.7 Å². The molecule has 1 N–H and O–H groups in total. The number of allylic oxidation sites excluding steroid dienone is 2. The molecule has 0 bridgehead atoms. The molecular weight excluding hydrogens is 831 g/mol. The largest absolute Gasteiger partial charge is 0.466 e. The molecule has 8 nitrogen and oxygen atoms in total. The van der Waals surface area contributed by atoms with E-state index in [9.17, 15) is 19.2 Å². The number of carbonyl (C=O) groups excluding carboxylic acids is 4. The Bertz CT molecular complexity index is 1890. The van der Waals surface area contributed by atoms with Crippen molar-refractivity contribution < 1.29 is 28.7 Å². The Balaban J connectivity index is 0.000000434. The zero-order valence-electron chi connectivity index (χ0n) is 41.2. The first-order chi connectivity index (χ1) is 29.2. The van der Waals surface area contributed by atoms with Crippen LogP contribution in [0.15, 0.2) is 60.8 Å². The van der Waals surface area contributed by atoms with E-state index in [1.54, 1.807) is 18.7 Å². The van der Waals surface area contributed by atoms with E-state index in [0.717, 1.165) is 58.0 Å². The molecule has 1 heterocycles. The summed E-state index contributed by atoms with van der Waals surface area (Å²) in [7, 11) is 0. The number of nitrogens with zero attached hydrogens (tertiary/aromatic N) is 1. The molecule has 0 aromatic heterocycles. The van der Waals surface area contributed by atoms with Gasteiger partial charge in [0.1, 0.15) is 0 Å². The zero-order valence-corrected chi connectivity index (χ0v) is 42.7. The molecule has 3 atom stereocenters. The fourth-order valence-corrected chi connectivity index (χ4v) is 8.96. The van der Waals surface area contributed by atoms with Gasteiger partial charge in [-0.15, -0.1) is 6.58 Å². The van der Waals surface area contributed by atoms with Crippen LogP contribution in [0.2, 0.25) is 10.0 Å². The average molecular weight is 912 g/mol. The van der Waals surface area contributed by atoms with Crippen molar-refractivity contribution in [1.82, 2.24) is 10.2 Å². The first-order valence-electron chi connectivity index (χ1n) is 23.0. The van der Waals surface area contributed by atoms with Gasteiger partial charge in [0.05, 0.1) is 26.1 Å². The van der Waals surface area contributed by atoms with Crippen LogP contribution in [0.3, 0.4) is 0 Å². The maximum atomic E-state index is 13.0. The number of nitrogens with one attached hydrogen (secondary N) is 1. The van der Waals surface area contributed by atoms with Crippen molar-refractivity contribution in [3.63, 3.8) is 0 Å². The molecule has 0 fully saturated rings. The topological polar surface area (TPSA) is 102 Å². The maximum absolute atomic E-state index is 13.0. The number of halogens is 2. The summed E-state index contributed by atoms with van der Waals surface area (Å²) < 4.78 is 9.93. The molecule has 0 aliphatic carbocycles. The van der Waals surface area contributed by atoms with Gasteiger partial charge in [0.25, 0.3) is 0 Å². The van der Waals surface area contributed by atoms with Crippen LogP contribution >= 0.6 is 23.2 Å². The average Bonchev–Trinajstić information content (AvgIpc) is 3.16. The van der Waals surface area contributed by atoms with Crippen molar-refractivity contribution >= 4 is 47.0 Å².